The topological polar surface area (TPSA) is 124 Å². The number of thioether (sulfide) groups is 2. The molecule has 2 N–H and O–H groups in total. The van der Waals surface area contributed by atoms with Crippen LogP contribution < -0.4 is 0 Å². The highest BCUT2D eigenvalue weighted by molar-refractivity contribution is 8.01. The molecular formula is C17H22N2O7S2. The number of nitrogens with zero attached hydrogens (tertiary/aromatic N) is 2. The van der Waals surface area contributed by atoms with Gasteiger partial charge in [0.15, 0.2) is 21.6 Å². The lowest BCUT2D eigenvalue weighted by Gasteiger charge is -2.53. The van der Waals surface area contributed by atoms with Crippen LogP contribution in [0.15, 0.2) is 12.2 Å². The molecule has 2 heterocycles. The molecule has 5 atom stereocenters. The van der Waals surface area contributed by atoms with Gasteiger partial charge in [-0.25, -0.2) is 0 Å². The largest absolute Gasteiger partial charge is 0.452 e. The van der Waals surface area contributed by atoms with E-state index in [-0.39, 0.29) is 6.42 Å². The van der Waals surface area contributed by atoms with Crippen LogP contribution in [0.25, 0.3) is 0 Å². The molecule has 0 aromatic rings. The summed E-state index contributed by atoms with van der Waals surface area (Å²) in [7, 11) is 1.43. The molecule has 0 aromatic carbocycles. The van der Waals surface area contributed by atoms with Crippen LogP contribution in [0.1, 0.15) is 13.3 Å². The van der Waals surface area contributed by atoms with Crippen molar-refractivity contribution in [3.8, 4) is 0 Å². The fourth-order valence-electron chi connectivity index (χ4n) is 4.30. The molecule has 28 heavy (non-hydrogen) atoms. The zero-order valence-electron chi connectivity index (χ0n) is 15.9. The molecule has 154 valence electrons. The van der Waals surface area contributed by atoms with E-state index in [0.717, 1.165) is 41.4 Å². The van der Waals surface area contributed by atoms with E-state index in [1.54, 1.807) is 12.5 Å². The Labute approximate surface area is 170 Å². The molecule has 3 rings (SSSR count). The molecule has 2 amide bonds. The second kappa shape index (κ2) is 6.75. The molecular weight excluding hydrogens is 408 g/mol. The highest BCUT2D eigenvalue weighted by atomic mass is 32.2. The summed E-state index contributed by atoms with van der Waals surface area (Å²) in [6, 6.07) is -1.27. The first-order valence-corrected chi connectivity index (χ1v) is 11.0. The molecule has 0 bridgehead atoms. The molecule has 0 aromatic heterocycles. The van der Waals surface area contributed by atoms with E-state index < -0.39 is 57.7 Å². The maximum atomic E-state index is 13.6. The van der Waals surface area contributed by atoms with E-state index in [1.807, 2.05) is 0 Å². The number of esters is 1. The molecule has 2 fully saturated rings. The summed E-state index contributed by atoms with van der Waals surface area (Å²) in [5.41, 5.74) is -1.74. The number of rotatable bonds is 4. The van der Waals surface area contributed by atoms with Gasteiger partial charge in [-0.3, -0.25) is 19.2 Å². The summed E-state index contributed by atoms with van der Waals surface area (Å²) >= 11 is 2.05. The van der Waals surface area contributed by atoms with Crippen molar-refractivity contribution in [3.63, 3.8) is 0 Å². The smallest absolute Gasteiger partial charge is 0.303 e. The fraction of sp³-hybridized carbons (Fsp3) is 0.647. The molecule has 2 aliphatic heterocycles. The zero-order chi connectivity index (χ0) is 21.1. The van der Waals surface area contributed by atoms with Gasteiger partial charge >= 0.3 is 5.97 Å². The number of ether oxygens (including phenoxy) is 1. The zero-order valence-corrected chi connectivity index (χ0v) is 17.5. The fourth-order valence-corrected chi connectivity index (χ4v) is 6.14. The molecule has 0 radical (unpaired) electrons. The van der Waals surface area contributed by atoms with Gasteiger partial charge in [-0.1, -0.05) is 0 Å². The number of hydrogen-bond acceptors (Lipinski definition) is 9. The molecule has 11 heteroatoms. The number of hydrogen-bond donors (Lipinski definition) is 2. The third-order valence-corrected chi connectivity index (χ3v) is 8.17. The van der Waals surface area contributed by atoms with E-state index in [9.17, 15) is 29.4 Å². The minimum absolute atomic E-state index is 0.168. The van der Waals surface area contributed by atoms with Crippen molar-refractivity contribution in [2.75, 3.05) is 26.2 Å². The number of piperazine rings is 1. The van der Waals surface area contributed by atoms with Crippen LogP contribution >= 0.6 is 23.5 Å². The van der Waals surface area contributed by atoms with Crippen LogP contribution in [0, 0.1) is 0 Å². The van der Waals surface area contributed by atoms with Gasteiger partial charge in [0, 0.05) is 20.4 Å². The summed E-state index contributed by atoms with van der Waals surface area (Å²) in [5.74, 6) is -2.43. The first-order valence-electron chi connectivity index (χ1n) is 8.50. The number of aliphatic hydroxyl groups is 2. The van der Waals surface area contributed by atoms with Crippen molar-refractivity contribution in [1.29, 1.82) is 0 Å². The Morgan fingerprint density at radius 1 is 1.29 bits per heavy atom. The predicted octanol–water partition coefficient (Wildman–Crippen LogP) is -1.03. The molecule has 2 saturated heterocycles. The molecule has 5 unspecified atom stereocenters. The standard InChI is InChI=1S/C17H22N2O7S2/c1-9(21)26-11-10(22)5-6-15(25)7-16(27-3)13(23)18(2)17(8-20,28-4)14(24)19(16)12(11)15/h5-6,11-12,20,25H,7-8H2,1-4H3. The first-order chi connectivity index (χ1) is 13.0. The summed E-state index contributed by atoms with van der Waals surface area (Å²) in [6.45, 7) is 0.474. The summed E-state index contributed by atoms with van der Waals surface area (Å²) < 4.78 is 5.17. The van der Waals surface area contributed by atoms with Crippen LogP contribution in [0.2, 0.25) is 0 Å². The maximum Gasteiger partial charge on any atom is 0.303 e. The van der Waals surface area contributed by atoms with Crippen molar-refractivity contribution < 1.29 is 34.1 Å². The summed E-state index contributed by atoms with van der Waals surface area (Å²) in [5, 5.41) is 21.3. The molecule has 0 spiro atoms. The highest BCUT2D eigenvalue weighted by Gasteiger charge is 2.73. The second-order valence-electron chi connectivity index (χ2n) is 7.05. The number of likely N-dealkylation sites (N-methyl/N-ethyl adjacent to an activating group) is 1. The van der Waals surface area contributed by atoms with Crippen molar-refractivity contribution in [2.24, 2.45) is 0 Å². The van der Waals surface area contributed by atoms with Crippen molar-refractivity contribution in [3.05, 3.63) is 12.2 Å². The number of ketones is 1. The highest BCUT2D eigenvalue weighted by Crippen LogP contribution is 2.55. The van der Waals surface area contributed by atoms with Crippen LogP contribution in [-0.2, 0) is 23.9 Å². The molecule has 1 aliphatic carbocycles. The molecule has 9 nitrogen and oxygen atoms in total. The van der Waals surface area contributed by atoms with Crippen molar-refractivity contribution in [1.82, 2.24) is 9.80 Å². The second-order valence-corrected chi connectivity index (χ2v) is 9.22. The Balaban J connectivity index is 2.24. The predicted molar refractivity (Wildman–Crippen MR) is 102 cm³/mol. The van der Waals surface area contributed by atoms with Gasteiger partial charge in [0.25, 0.3) is 11.8 Å². The lowest BCUT2D eigenvalue weighted by Crippen LogP contribution is -2.75. The van der Waals surface area contributed by atoms with Gasteiger partial charge in [0.05, 0.1) is 6.61 Å². The van der Waals surface area contributed by atoms with E-state index in [4.69, 9.17) is 4.74 Å². The average Bonchev–Trinajstić information content (AvgIpc) is 2.94. The van der Waals surface area contributed by atoms with Crippen LogP contribution in [0.3, 0.4) is 0 Å². The molecule has 0 saturated carbocycles. The monoisotopic (exact) mass is 430 g/mol. The average molecular weight is 431 g/mol. The van der Waals surface area contributed by atoms with E-state index in [0.29, 0.717) is 0 Å². The number of carbonyl (C=O) groups excluding carboxylic acids is 4. The lowest BCUT2D eigenvalue weighted by molar-refractivity contribution is -0.175. The normalized spacial score (nSPS) is 39.9. The maximum absolute atomic E-state index is 13.6. The van der Waals surface area contributed by atoms with E-state index in [2.05, 4.69) is 0 Å². The van der Waals surface area contributed by atoms with Crippen LogP contribution in [0.5, 0.6) is 0 Å². The van der Waals surface area contributed by atoms with Crippen molar-refractivity contribution in [2.45, 2.75) is 40.8 Å². The third-order valence-electron chi connectivity index (χ3n) is 5.72. The van der Waals surface area contributed by atoms with E-state index >= 15 is 0 Å². The Bertz CT molecular complexity index is 783. The third kappa shape index (κ3) is 2.49. The van der Waals surface area contributed by atoms with Crippen molar-refractivity contribution >= 4 is 47.1 Å². The lowest BCUT2D eigenvalue weighted by atomic mass is 9.83. The van der Waals surface area contributed by atoms with Crippen LogP contribution in [0.4, 0.5) is 0 Å². The number of fused-ring (bicyclic) bond motifs is 3. The van der Waals surface area contributed by atoms with Gasteiger partial charge in [-0.15, -0.1) is 23.5 Å². The van der Waals surface area contributed by atoms with Crippen LogP contribution in [-0.4, -0.2) is 97.2 Å². The quantitative estimate of drug-likeness (QED) is 0.539. The Hall–Kier alpha value is -1.56. The number of amides is 2. The minimum Gasteiger partial charge on any atom is -0.452 e. The number of carbonyl (C=O) groups is 4. The van der Waals surface area contributed by atoms with Gasteiger partial charge in [0.2, 0.25) is 0 Å². The molecule has 3 aliphatic rings. The first kappa shape index (κ1) is 21.2. The summed E-state index contributed by atoms with van der Waals surface area (Å²) in [6.07, 6.45) is 3.98. The Morgan fingerprint density at radius 3 is 2.43 bits per heavy atom. The Kier molecular flexibility index (Phi) is 5.10. The van der Waals surface area contributed by atoms with Gasteiger partial charge < -0.3 is 24.7 Å². The van der Waals surface area contributed by atoms with Gasteiger partial charge in [0.1, 0.15) is 11.6 Å². The Morgan fingerprint density at radius 2 is 1.93 bits per heavy atom. The van der Waals surface area contributed by atoms with Gasteiger partial charge in [-0.05, 0) is 24.7 Å². The van der Waals surface area contributed by atoms with E-state index in [1.165, 1.54) is 18.0 Å². The van der Waals surface area contributed by atoms with Gasteiger partial charge in [-0.2, -0.15) is 0 Å². The minimum atomic E-state index is -1.74. The number of aliphatic hydroxyl groups excluding tert-OH is 1. The SMILES string of the molecule is CSC1(CO)C(=O)N2C3C(OC(C)=O)C(=O)C=CC3(O)CC2(SC)C(=O)N1C. The summed E-state index contributed by atoms with van der Waals surface area (Å²) in [4.78, 5) is 50.3.